The number of nitrogens with zero attached hydrogens (tertiary/aromatic N) is 1. The van der Waals surface area contributed by atoms with Crippen molar-refractivity contribution in [1.29, 1.82) is 0 Å². The van der Waals surface area contributed by atoms with E-state index in [9.17, 15) is 0 Å². The van der Waals surface area contributed by atoms with Crippen LogP contribution in [0.2, 0.25) is 5.02 Å². The average molecular weight is 240 g/mol. The summed E-state index contributed by atoms with van der Waals surface area (Å²) >= 11 is 7.74. The molecule has 0 saturated carbocycles. The zero-order chi connectivity index (χ0) is 10.8. The van der Waals surface area contributed by atoms with Gasteiger partial charge in [-0.2, -0.15) is 0 Å². The van der Waals surface area contributed by atoms with Crippen LogP contribution in [0.15, 0.2) is 29.3 Å². The van der Waals surface area contributed by atoms with E-state index in [1.807, 2.05) is 36.0 Å². The van der Waals surface area contributed by atoms with Crippen LogP contribution in [0.3, 0.4) is 0 Å². The molecule has 0 spiro atoms. The molecule has 1 aliphatic heterocycles. The van der Waals surface area contributed by atoms with Crippen LogP contribution in [-0.2, 0) is 0 Å². The van der Waals surface area contributed by atoms with Crippen molar-refractivity contribution in [2.45, 2.75) is 31.6 Å². The largest absolute Gasteiger partial charge is 0.274 e. The second kappa shape index (κ2) is 4.58. The monoisotopic (exact) mass is 239 g/mol. The van der Waals surface area contributed by atoms with Crippen molar-refractivity contribution < 1.29 is 0 Å². The summed E-state index contributed by atoms with van der Waals surface area (Å²) in [6, 6.07) is 8.36. The topological polar surface area (TPSA) is 12.4 Å². The summed E-state index contributed by atoms with van der Waals surface area (Å²) in [4.78, 5) is 4.68. The van der Waals surface area contributed by atoms with Crippen molar-refractivity contribution in [2.75, 3.05) is 0 Å². The molecule has 15 heavy (non-hydrogen) atoms. The van der Waals surface area contributed by atoms with Gasteiger partial charge in [0.2, 0.25) is 0 Å². The highest BCUT2D eigenvalue weighted by Crippen LogP contribution is 2.32. The fraction of sp³-hybridized carbons (Fsp3) is 0.417. The van der Waals surface area contributed by atoms with Gasteiger partial charge >= 0.3 is 0 Å². The molecule has 1 aromatic rings. The summed E-state index contributed by atoms with van der Waals surface area (Å²) in [5, 5.41) is 2.57. The van der Waals surface area contributed by atoms with Crippen molar-refractivity contribution in [3.05, 3.63) is 34.9 Å². The molecule has 0 aromatic heterocycles. The van der Waals surface area contributed by atoms with Gasteiger partial charge in [0, 0.05) is 15.8 Å². The van der Waals surface area contributed by atoms with Crippen LogP contribution >= 0.6 is 23.4 Å². The summed E-state index contributed by atoms with van der Waals surface area (Å²) < 4.78 is 0. The van der Waals surface area contributed by atoms with Crippen LogP contribution in [0.4, 0.5) is 0 Å². The van der Waals surface area contributed by atoms with Gasteiger partial charge in [0.15, 0.2) is 0 Å². The van der Waals surface area contributed by atoms with Gasteiger partial charge in [-0.1, -0.05) is 30.7 Å². The second-order valence-electron chi connectivity index (χ2n) is 3.75. The molecule has 1 aliphatic rings. The minimum absolute atomic E-state index is 0.436. The normalized spacial score (nSPS) is 25.4. The molecular weight excluding hydrogens is 226 g/mol. The molecule has 80 valence electrons. The van der Waals surface area contributed by atoms with Crippen molar-refractivity contribution in [1.82, 2.24) is 0 Å². The predicted octanol–water partition coefficient (Wildman–Crippen LogP) is 4.00. The highest BCUT2D eigenvalue weighted by atomic mass is 35.5. The minimum Gasteiger partial charge on any atom is -0.274 e. The Morgan fingerprint density at radius 1 is 1.33 bits per heavy atom. The first-order valence-corrected chi connectivity index (χ1v) is 6.47. The fourth-order valence-electron chi connectivity index (χ4n) is 1.70. The van der Waals surface area contributed by atoms with Crippen molar-refractivity contribution in [3.63, 3.8) is 0 Å². The van der Waals surface area contributed by atoms with Gasteiger partial charge in [-0.05, 0) is 25.5 Å². The van der Waals surface area contributed by atoms with Crippen molar-refractivity contribution in [2.24, 2.45) is 4.99 Å². The Morgan fingerprint density at radius 2 is 2.00 bits per heavy atom. The molecule has 0 N–H and O–H groups in total. The number of halogens is 1. The summed E-state index contributed by atoms with van der Waals surface area (Å²) in [6.07, 6.45) is 1.17. The molecule has 0 bridgehead atoms. The zero-order valence-electron chi connectivity index (χ0n) is 8.90. The summed E-state index contributed by atoms with van der Waals surface area (Å²) in [6.45, 7) is 4.40. The summed E-state index contributed by atoms with van der Waals surface area (Å²) in [5.74, 6) is 0. The lowest BCUT2D eigenvalue weighted by Crippen LogP contribution is -2.11. The molecule has 1 heterocycles. The lowest BCUT2D eigenvalue weighted by atomic mass is 10.2. The van der Waals surface area contributed by atoms with Crippen LogP contribution in [0, 0.1) is 0 Å². The Morgan fingerprint density at radius 3 is 2.53 bits per heavy atom. The van der Waals surface area contributed by atoms with Crippen LogP contribution in [0.5, 0.6) is 0 Å². The Hall–Kier alpha value is -0.470. The van der Waals surface area contributed by atoms with E-state index < -0.39 is 0 Å². The zero-order valence-corrected chi connectivity index (χ0v) is 10.5. The summed E-state index contributed by atoms with van der Waals surface area (Å²) in [5.41, 5.74) is 1.19. The Labute approximate surface area is 99.9 Å². The number of hydrogen-bond acceptors (Lipinski definition) is 2. The van der Waals surface area contributed by atoms with E-state index in [2.05, 4.69) is 18.8 Å². The third-order valence-electron chi connectivity index (χ3n) is 2.62. The van der Waals surface area contributed by atoms with E-state index >= 15 is 0 Å². The number of thioether (sulfide) groups is 1. The van der Waals surface area contributed by atoms with Crippen molar-refractivity contribution >= 4 is 28.4 Å². The molecule has 1 aromatic carbocycles. The smallest absolute Gasteiger partial charge is 0.0984 e. The van der Waals surface area contributed by atoms with Crippen LogP contribution in [0.25, 0.3) is 0 Å². The number of rotatable bonds is 2. The van der Waals surface area contributed by atoms with E-state index in [-0.39, 0.29) is 0 Å². The molecule has 0 amide bonds. The highest BCUT2D eigenvalue weighted by molar-refractivity contribution is 8.15. The average Bonchev–Trinajstić information content (AvgIpc) is 2.61. The van der Waals surface area contributed by atoms with E-state index in [1.165, 1.54) is 12.0 Å². The minimum atomic E-state index is 0.436. The van der Waals surface area contributed by atoms with Gasteiger partial charge in [0.05, 0.1) is 11.1 Å². The molecule has 0 aliphatic carbocycles. The van der Waals surface area contributed by atoms with Gasteiger partial charge in [0.1, 0.15) is 0 Å². The lowest BCUT2D eigenvalue weighted by Gasteiger charge is -2.08. The molecular formula is C12H14ClNS. The standard InChI is InChI=1S/C12H14ClNS/c1-3-11-8(2)14-12(15-11)9-4-6-10(13)7-5-9/h4-8,11H,3H2,1-2H3. The molecule has 1 nitrogen and oxygen atoms in total. The van der Waals surface area contributed by atoms with E-state index in [1.54, 1.807) is 0 Å². The Balaban J connectivity index is 2.19. The van der Waals surface area contributed by atoms with Gasteiger partial charge in [0.25, 0.3) is 0 Å². The third kappa shape index (κ3) is 2.37. The van der Waals surface area contributed by atoms with Gasteiger partial charge < -0.3 is 0 Å². The first-order chi connectivity index (χ1) is 7.20. The molecule has 0 fully saturated rings. The summed E-state index contributed by atoms with van der Waals surface area (Å²) in [7, 11) is 0. The molecule has 2 unspecified atom stereocenters. The molecule has 0 saturated heterocycles. The van der Waals surface area contributed by atoms with Crippen LogP contribution < -0.4 is 0 Å². The lowest BCUT2D eigenvalue weighted by molar-refractivity contribution is 0.686. The highest BCUT2D eigenvalue weighted by Gasteiger charge is 2.25. The van der Waals surface area contributed by atoms with E-state index in [0.717, 1.165) is 10.1 Å². The maximum Gasteiger partial charge on any atom is 0.0984 e. The Bertz CT molecular complexity index is 372. The van der Waals surface area contributed by atoms with Crippen LogP contribution in [0.1, 0.15) is 25.8 Å². The quantitative estimate of drug-likeness (QED) is 0.760. The van der Waals surface area contributed by atoms with Gasteiger partial charge in [-0.15, -0.1) is 11.8 Å². The number of aliphatic imine (C=N–C) groups is 1. The maximum atomic E-state index is 5.86. The first kappa shape index (κ1) is 11.0. The molecule has 3 heteroatoms. The molecule has 2 atom stereocenters. The van der Waals surface area contributed by atoms with Crippen LogP contribution in [-0.4, -0.2) is 16.3 Å². The van der Waals surface area contributed by atoms with Gasteiger partial charge in [-0.25, -0.2) is 0 Å². The second-order valence-corrected chi connectivity index (χ2v) is 5.41. The SMILES string of the molecule is CCC1SC(c2ccc(Cl)cc2)=NC1C. The number of benzene rings is 1. The van der Waals surface area contributed by atoms with E-state index in [4.69, 9.17) is 11.6 Å². The van der Waals surface area contributed by atoms with Crippen molar-refractivity contribution in [3.8, 4) is 0 Å². The first-order valence-electron chi connectivity index (χ1n) is 5.21. The maximum absolute atomic E-state index is 5.86. The third-order valence-corrected chi connectivity index (χ3v) is 4.46. The van der Waals surface area contributed by atoms with E-state index in [0.29, 0.717) is 11.3 Å². The number of hydrogen-bond donors (Lipinski definition) is 0. The van der Waals surface area contributed by atoms with Gasteiger partial charge in [-0.3, -0.25) is 4.99 Å². The molecule has 2 rings (SSSR count). The fourth-order valence-corrected chi connectivity index (χ4v) is 3.04. The Kier molecular flexibility index (Phi) is 3.37. The molecule has 0 radical (unpaired) electrons. The predicted molar refractivity (Wildman–Crippen MR) is 69.1 cm³/mol.